The molecule has 0 unspecified atom stereocenters. The van der Waals surface area contributed by atoms with E-state index in [-0.39, 0.29) is 17.6 Å². The molecule has 1 aromatic heterocycles. The highest BCUT2D eigenvalue weighted by Gasteiger charge is 2.28. The van der Waals surface area contributed by atoms with Crippen LogP contribution in [0.4, 0.5) is 10.2 Å². The molecule has 1 aliphatic heterocycles. The molecular formula is C25H35FN4O. The van der Waals surface area contributed by atoms with Crippen LogP contribution < -0.4 is 4.90 Å². The van der Waals surface area contributed by atoms with E-state index in [0.29, 0.717) is 30.9 Å². The average molecular weight is 427 g/mol. The van der Waals surface area contributed by atoms with Crippen molar-refractivity contribution < 1.29 is 9.18 Å². The minimum Gasteiger partial charge on any atom is -0.353 e. The van der Waals surface area contributed by atoms with Gasteiger partial charge >= 0.3 is 0 Å². The summed E-state index contributed by atoms with van der Waals surface area (Å²) < 4.78 is 14.3. The summed E-state index contributed by atoms with van der Waals surface area (Å²) in [6.07, 6.45) is 4.55. The molecule has 3 rings (SSSR count). The van der Waals surface area contributed by atoms with Gasteiger partial charge in [-0.2, -0.15) is 0 Å². The van der Waals surface area contributed by atoms with Crippen LogP contribution in [-0.2, 0) is 11.2 Å². The van der Waals surface area contributed by atoms with Crippen molar-refractivity contribution >= 4 is 11.7 Å². The molecule has 2 heterocycles. The minimum atomic E-state index is -0.207. The fourth-order valence-electron chi connectivity index (χ4n) is 4.37. The van der Waals surface area contributed by atoms with Crippen LogP contribution in [0.2, 0.25) is 0 Å². The molecule has 1 saturated heterocycles. The quantitative estimate of drug-likeness (QED) is 0.615. The van der Waals surface area contributed by atoms with E-state index in [1.807, 2.05) is 30.9 Å². The lowest BCUT2D eigenvalue weighted by Crippen LogP contribution is -2.51. The van der Waals surface area contributed by atoms with E-state index >= 15 is 0 Å². The number of aryl methyl sites for hydroxylation is 2. The number of piperazine rings is 1. The molecule has 0 aliphatic carbocycles. The van der Waals surface area contributed by atoms with Gasteiger partial charge in [-0.25, -0.2) is 14.4 Å². The van der Waals surface area contributed by atoms with Crippen molar-refractivity contribution in [1.29, 1.82) is 0 Å². The van der Waals surface area contributed by atoms with Gasteiger partial charge in [-0.1, -0.05) is 44.9 Å². The first-order valence-corrected chi connectivity index (χ1v) is 11.6. The summed E-state index contributed by atoms with van der Waals surface area (Å²) in [7, 11) is 0. The first-order valence-electron chi connectivity index (χ1n) is 11.6. The number of nitrogens with zero attached hydrogens (tertiary/aromatic N) is 4. The lowest BCUT2D eigenvalue weighted by atomic mass is 9.97. The molecule has 0 bridgehead atoms. The number of halogens is 1. The second-order valence-electron chi connectivity index (χ2n) is 8.49. The third-order valence-electron chi connectivity index (χ3n) is 6.27. The molecule has 0 N–H and O–H groups in total. The molecular weight excluding hydrogens is 391 g/mol. The van der Waals surface area contributed by atoms with Crippen LogP contribution in [-0.4, -0.2) is 47.0 Å². The number of amides is 1. The Balaban J connectivity index is 1.75. The Morgan fingerprint density at radius 2 is 1.81 bits per heavy atom. The molecule has 1 amide bonds. The number of carbonyl (C=O) groups is 1. The first-order chi connectivity index (χ1) is 14.9. The number of unbranched alkanes of at least 4 members (excludes halogenated alkanes) is 1. The third kappa shape index (κ3) is 5.60. The zero-order chi connectivity index (χ0) is 22.4. The maximum absolute atomic E-state index is 14.3. The molecule has 1 fully saturated rings. The number of hydrogen-bond donors (Lipinski definition) is 0. The smallest absolute Gasteiger partial charge is 0.225 e. The monoisotopic (exact) mass is 426 g/mol. The lowest BCUT2D eigenvalue weighted by molar-refractivity contribution is -0.136. The third-order valence-corrected chi connectivity index (χ3v) is 6.27. The van der Waals surface area contributed by atoms with Gasteiger partial charge in [0.05, 0.1) is 0 Å². The van der Waals surface area contributed by atoms with Gasteiger partial charge in [0.25, 0.3) is 0 Å². The van der Waals surface area contributed by atoms with Crippen LogP contribution in [0.5, 0.6) is 0 Å². The second-order valence-corrected chi connectivity index (χ2v) is 8.49. The zero-order valence-electron chi connectivity index (χ0n) is 19.3. The van der Waals surface area contributed by atoms with Gasteiger partial charge in [0.15, 0.2) is 0 Å². The van der Waals surface area contributed by atoms with Gasteiger partial charge in [0, 0.05) is 49.8 Å². The molecule has 1 aliphatic rings. The summed E-state index contributed by atoms with van der Waals surface area (Å²) in [4.78, 5) is 26.5. The Hall–Kier alpha value is -2.50. The average Bonchev–Trinajstić information content (AvgIpc) is 2.77. The van der Waals surface area contributed by atoms with Crippen LogP contribution in [0, 0.1) is 25.6 Å². The van der Waals surface area contributed by atoms with Gasteiger partial charge < -0.3 is 9.80 Å². The molecule has 1 atom stereocenters. The summed E-state index contributed by atoms with van der Waals surface area (Å²) in [5.41, 5.74) is 2.49. The van der Waals surface area contributed by atoms with Crippen LogP contribution >= 0.6 is 0 Å². The van der Waals surface area contributed by atoms with E-state index in [1.165, 1.54) is 6.07 Å². The van der Waals surface area contributed by atoms with Crippen molar-refractivity contribution in [2.24, 2.45) is 5.92 Å². The van der Waals surface area contributed by atoms with Crippen LogP contribution in [0.1, 0.15) is 62.2 Å². The number of hydrogen-bond acceptors (Lipinski definition) is 4. The standard InChI is InChI=1S/C25H35FN4O/c1-5-7-10-20(6-2)25(31)30-15-13-29(14-16-30)24-22(18(3)27-19(4)28-24)17-21-11-8-9-12-23(21)26/h8-9,11-12,20H,5-7,10,13-17H2,1-4H3/t20-/m1/s1. The second kappa shape index (κ2) is 10.7. The number of carbonyl (C=O) groups excluding carboxylic acids is 1. The van der Waals surface area contributed by atoms with Crippen LogP contribution in [0.3, 0.4) is 0 Å². The van der Waals surface area contributed by atoms with Gasteiger partial charge in [-0.15, -0.1) is 0 Å². The van der Waals surface area contributed by atoms with Crippen LogP contribution in [0.15, 0.2) is 24.3 Å². The number of benzene rings is 1. The molecule has 2 aromatic rings. The fraction of sp³-hybridized carbons (Fsp3) is 0.560. The number of anilines is 1. The summed E-state index contributed by atoms with van der Waals surface area (Å²) in [6.45, 7) is 11.0. The molecule has 0 radical (unpaired) electrons. The van der Waals surface area contributed by atoms with Crippen molar-refractivity contribution in [2.75, 3.05) is 31.1 Å². The SMILES string of the molecule is CCCC[C@@H](CC)C(=O)N1CCN(c2nc(C)nc(C)c2Cc2ccccc2F)CC1. The van der Waals surface area contributed by atoms with E-state index in [9.17, 15) is 9.18 Å². The molecule has 5 nitrogen and oxygen atoms in total. The molecule has 31 heavy (non-hydrogen) atoms. The summed E-state index contributed by atoms with van der Waals surface area (Å²) in [5.74, 6) is 1.80. The van der Waals surface area contributed by atoms with E-state index in [1.54, 1.807) is 6.07 Å². The van der Waals surface area contributed by atoms with Gasteiger partial charge in [0.2, 0.25) is 5.91 Å². The zero-order valence-corrected chi connectivity index (χ0v) is 19.3. The molecule has 1 aromatic carbocycles. The van der Waals surface area contributed by atoms with Crippen molar-refractivity contribution in [3.05, 3.63) is 52.7 Å². The first kappa shape index (κ1) is 23.2. The van der Waals surface area contributed by atoms with Crippen molar-refractivity contribution in [2.45, 2.75) is 59.8 Å². The predicted octanol–water partition coefficient (Wildman–Crippen LogP) is 4.69. The van der Waals surface area contributed by atoms with Crippen molar-refractivity contribution in [3.8, 4) is 0 Å². The van der Waals surface area contributed by atoms with E-state index < -0.39 is 0 Å². The maximum atomic E-state index is 14.3. The van der Waals surface area contributed by atoms with Crippen molar-refractivity contribution in [3.63, 3.8) is 0 Å². The fourth-order valence-corrected chi connectivity index (χ4v) is 4.37. The van der Waals surface area contributed by atoms with Crippen LogP contribution in [0.25, 0.3) is 0 Å². The Morgan fingerprint density at radius 1 is 1.10 bits per heavy atom. The van der Waals surface area contributed by atoms with E-state index in [0.717, 1.165) is 55.8 Å². The number of aromatic nitrogens is 2. The van der Waals surface area contributed by atoms with Gasteiger partial charge in [0.1, 0.15) is 17.5 Å². The highest BCUT2D eigenvalue weighted by Crippen LogP contribution is 2.26. The summed E-state index contributed by atoms with van der Waals surface area (Å²) in [6, 6.07) is 6.87. The van der Waals surface area contributed by atoms with E-state index in [4.69, 9.17) is 4.98 Å². The lowest BCUT2D eigenvalue weighted by Gasteiger charge is -2.38. The minimum absolute atomic E-state index is 0.131. The maximum Gasteiger partial charge on any atom is 0.225 e. The Labute approximate surface area is 185 Å². The molecule has 0 saturated carbocycles. The van der Waals surface area contributed by atoms with Crippen molar-refractivity contribution in [1.82, 2.24) is 14.9 Å². The van der Waals surface area contributed by atoms with E-state index in [2.05, 4.69) is 23.7 Å². The highest BCUT2D eigenvalue weighted by molar-refractivity contribution is 5.79. The highest BCUT2D eigenvalue weighted by atomic mass is 19.1. The normalized spacial score (nSPS) is 15.3. The largest absolute Gasteiger partial charge is 0.353 e. The number of rotatable bonds is 8. The van der Waals surface area contributed by atoms with Gasteiger partial charge in [-0.05, 0) is 38.3 Å². The Morgan fingerprint density at radius 3 is 2.45 bits per heavy atom. The summed E-state index contributed by atoms with van der Waals surface area (Å²) in [5, 5.41) is 0. The summed E-state index contributed by atoms with van der Waals surface area (Å²) >= 11 is 0. The molecule has 0 spiro atoms. The Kier molecular flexibility index (Phi) is 7.99. The van der Waals surface area contributed by atoms with Gasteiger partial charge in [-0.3, -0.25) is 4.79 Å². The Bertz CT molecular complexity index is 893. The molecule has 6 heteroatoms. The topological polar surface area (TPSA) is 49.3 Å². The predicted molar refractivity (Wildman–Crippen MR) is 123 cm³/mol. The molecule has 168 valence electrons.